The average molecular weight is 328 g/mol. The van der Waals surface area contributed by atoms with Crippen molar-refractivity contribution in [2.45, 2.75) is 0 Å². The highest BCUT2D eigenvalue weighted by Crippen LogP contribution is 2.08. The van der Waals surface area contributed by atoms with Crippen LogP contribution in [0.1, 0.15) is 0 Å². The molecule has 128 valence electrons. The molecule has 0 atom stereocenters. The molecule has 2 aromatic carbocycles. The fraction of sp³-hybridized carbons (Fsp3) is 0.222. The van der Waals surface area contributed by atoms with Gasteiger partial charge in [0.25, 0.3) is 0 Å². The van der Waals surface area contributed by atoms with E-state index in [9.17, 15) is 9.59 Å². The Labute approximate surface area is 143 Å². The number of amides is 4. The average Bonchev–Trinajstić information content (AvgIpc) is 2.56. The summed E-state index contributed by atoms with van der Waals surface area (Å²) >= 11 is 0. The van der Waals surface area contributed by atoms with Crippen LogP contribution in [0.5, 0.6) is 0 Å². The molecule has 0 bridgehead atoms. The fourth-order valence-corrected chi connectivity index (χ4v) is 1.74. The van der Waals surface area contributed by atoms with E-state index in [1.165, 1.54) is 9.80 Å². The monoisotopic (exact) mass is 328 g/mol. The summed E-state index contributed by atoms with van der Waals surface area (Å²) in [6.45, 7) is 0. The van der Waals surface area contributed by atoms with Crippen molar-refractivity contribution in [2.24, 2.45) is 0 Å². The van der Waals surface area contributed by atoms with Crippen molar-refractivity contribution in [1.82, 2.24) is 9.80 Å². The van der Waals surface area contributed by atoms with Crippen molar-refractivity contribution in [3.05, 3.63) is 60.7 Å². The van der Waals surface area contributed by atoms with E-state index in [0.717, 1.165) is 11.4 Å². The van der Waals surface area contributed by atoms with Gasteiger partial charge in [0.1, 0.15) is 0 Å². The molecule has 0 aliphatic rings. The number of carbonyl (C=O) groups excluding carboxylic acids is 2. The number of nitrogens with one attached hydrogen (secondary N) is 2. The predicted molar refractivity (Wildman–Crippen MR) is 98.3 cm³/mol. The number of para-hydroxylation sites is 2. The summed E-state index contributed by atoms with van der Waals surface area (Å²) in [5.74, 6) is 0. The lowest BCUT2D eigenvalue weighted by Gasteiger charge is -2.16. The van der Waals surface area contributed by atoms with Crippen LogP contribution in [0.25, 0.3) is 0 Å². The van der Waals surface area contributed by atoms with Crippen molar-refractivity contribution in [3.63, 3.8) is 0 Å². The molecule has 4 amide bonds. The molecule has 0 fully saturated rings. The molecule has 0 heterocycles. The molecular formula is C18H24N4O2. The topological polar surface area (TPSA) is 64.7 Å². The van der Waals surface area contributed by atoms with Gasteiger partial charge in [-0.2, -0.15) is 0 Å². The van der Waals surface area contributed by atoms with E-state index in [4.69, 9.17) is 0 Å². The summed E-state index contributed by atoms with van der Waals surface area (Å²) in [5.41, 5.74) is 1.55. The Hall–Kier alpha value is -3.02. The molecule has 0 aliphatic carbocycles. The van der Waals surface area contributed by atoms with Crippen LogP contribution >= 0.6 is 0 Å². The largest absolute Gasteiger partial charge is 0.331 e. The molecule has 0 unspecified atom stereocenters. The van der Waals surface area contributed by atoms with Crippen LogP contribution in [0.15, 0.2) is 60.7 Å². The Kier molecular flexibility index (Phi) is 7.84. The van der Waals surface area contributed by atoms with Gasteiger partial charge in [-0.15, -0.1) is 0 Å². The highest BCUT2D eigenvalue weighted by Gasteiger charge is 2.02. The quantitative estimate of drug-likeness (QED) is 0.885. The van der Waals surface area contributed by atoms with E-state index >= 15 is 0 Å². The van der Waals surface area contributed by atoms with Crippen LogP contribution in [0, 0.1) is 0 Å². The zero-order valence-electron chi connectivity index (χ0n) is 14.5. The van der Waals surface area contributed by atoms with E-state index in [1.54, 1.807) is 28.2 Å². The summed E-state index contributed by atoms with van der Waals surface area (Å²) < 4.78 is 0. The molecule has 0 spiro atoms. The number of urea groups is 2. The number of carbonyl (C=O) groups is 2. The van der Waals surface area contributed by atoms with Gasteiger partial charge in [0.15, 0.2) is 0 Å². The second-order valence-electron chi connectivity index (χ2n) is 5.38. The van der Waals surface area contributed by atoms with Crippen LogP contribution in [0.3, 0.4) is 0 Å². The van der Waals surface area contributed by atoms with Crippen LogP contribution in [-0.2, 0) is 0 Å². The molecule has 2 aromatic rings. The predicted octanol–water partition coefficient (Wildman–Crippen LogP) is 3.56. The standard InChI is InChI=1S/C13H12N2O.C5H12N2O/c16-13(14-11-7-3-1-4-8-11)15-12-9-5-2-6-10-12;1-6(2)5(8)7(3)4/h1-10H,(H2,14,15,16);1-4H3. The van der Waals surface area contributed by atoms with Crippen LogP contribution in [-0.4, -0.2) is 50.1 Å². The third-order valence-electron chi connectivity index (χ3n) is 2.83. The first kappa shape index (κ1) is 19.0. The normalized spacial score (nSPS) is 9.17. The molecule has 2 N–H and O–H groups in total. The molecular weight excluding hydrogens is 304 g/mol. The second-order valence-corrected chi connectivity index (χ2v) is 5.38. The number of anilines is 2. The van der Waals surface area contributed by atoms with Crippen molar-refractivity contribution < 1.29 is 9.59 Å². The molecule has 0 saturated heterocycles. The summed E-state index contributed by atoms with van der Waals surface area (Å²) in [4.78, 5) is 25.3. The van der Waals surface area contributed by atoms with Gasteiger partial charge in [0, 0.05) is 39.6 Å². The number of hydrogen-bond acceptors (Lipinski definition) is 2. The van der Waals surface area contributed by atoms with Crippen LogP contribution < -0.4 is 10.6 Å². The number of benzene rings is 2. The summed E-state index contributed by atoms with van der Waals surface area (Å²) in [5, 5.41) is 5.48. The van der Waals surface area contributed by atoms with Crippen molar-refractivity contribution in [3.8, 4) is 0 Å². The first-order valence-corrected chi connectivity index (χ1v) is 7.47. The lowest BCUT2D eigenvalue weighted by Crippen LogP contribution is -2.33. The van der Waals surface area contributed by atoms with Gasteiger partial charge in [-0.25, -0.2) is 9.59 Å². The highest BCUT2D eigenvalue weighted by molar-refractivity contribution is 5.99. The van der Waals surface area contributed by atoms with Crippen LogP contribution in [0.2, 0.25) is 0 Å². The Bertz CT molecular complexity index is 574. The van der Waals surface area contributed by atoms with Crippen molar-refractivity contribution >= 4 is 23.4 Å². The van der Waals surface area contributed by atoms with Gasteiger partial charge in [-0.3, -0.25) is 0 Å². The molecule has 6 heteroatoms. The van der Waals surface area contributed by atoms with Crippen molar-refractivity contribution in [2.75, 3.05) is 38.8 Å². The fourth-order valence-electron chi connectivity index (χ4n) is 1.74. The Balaban J connectivity index is 0.000000307. The van der Waals surface area contributed by atoms with E-state index in [1.807, 2.05) is 60.7 Å². The lowest BCUT2D eigenvalue weighted by molar-refractivity contribution is 0.191. The minimum atomic E-state index is -0.239. The smallest absolute Gasteiger partial charge is 0.323 e. The molecule has 0 aromatic heterocycles. The van der Waals surface area contributed by atoms with E-state index in [0.29, 0.717) is 0 Å². The zero-order valence-corrected chi connectivity index (χ0v) is 14.5. The maximum absolute atomic E-state index is 11.6. The third kappa shape index (κ3) is 7.31. The molecule has 0 radical (unpaired) electrons. The van der Waals surface area contributed by atoms with Crippen LogP contribution in [0.4, 0.5) is 21.0 Å². The van der Waals surface area contributed by atoms with Gasteiger partial charge < -0.3 is 20.4 Å². The minimum absolute atomic E-state index is 0.0185. The number of nitrogens with zero attached hydrogens (tertiary/aromatic N) is 2. The number of rotatable bonds is 2. The summed E-state index contributed by atoms with van der Waals surface area (Å²) in [6.07, 6.45) is 0. The van der Waals surface area contributed by atoms with Gasteiger partial charge in [-0.1, -0.05) is 36.4 Å². The maximum Gasteiger partial charge on any atom is 0.323 e. The minimum Gasteiger partial charge on any atom is -0.331 e. The molecule has 24 heavy (non-hydrogen) atoms. The van der Waals surface area contributed by atoms with Gasteiger partial charge in [0.2, 0.25) is 0 Å². The van der Waals surface area contributed by atoms with E-state index < -0.39 is 0 Å². The third-order valence-corrected chi connectivity index (χ3v) is 2.83. The lowest BCUT2D eigenvalue weighted by atomic mass is 10.3. The molecule has 0 aliphatic heterocycles. The Morgan fingerprint density at radius 2 is 1.00 bits per heavy atom. The van der Waals surface area contributed by atoms with Gasteiger partial charge in [0.05, 0.1) is 0 Å². The first-order chi connectivity index (χ1) is 11.4. The molecule has 6 nitrogen and oxygen atoms in total. The van der Waals surface area contributed by atoms with E-state index in [2.05, 4.69) is 10.6 Å². The Morgan fingerprint density at radius 1 is 0.667 bits per heavy atom. The first-order valence-electron chi connectivity index (χ1n) is 7.47. The van der Waals surface area contributed by atoms with Crippen molar-refractivity contribution in [1.29, 1.82) is 0 Å². The van der Waals surface area contributed by atoms with Gasteiger partial charge in [-0.05, 0) is 24.3 Å². The molecule has 0 saturated carbocycles. The zero-order chi connectivity index (χ0) is 17.9. The highest BCUT2D eigenvalue weighted by atomic mass is 16.2. The summed E-state index contributed by atoms with van der Waals surface area (Å²) in [7, 11) is 6.90. The SMILES string of the molecule is CN(C)C(=O)N(C)C.O=C(Nc1ccccc1)Nc1ccccc1. The van der Waals surface area contributed by atoms with E-state index in [-0.39, 0.29) is 12.1 Å². The number of hydrogen-bond donors (Lipinski definition) is 2. The summed E-state index contributed by atoms with van der Waals surface area (Å²) in [6, 6.07) is 18.4. The molecule has 2 rings (SSSR count). The maximum atomic E-state index is 11.6. The Morgan fingerprint density at radius 3 is 1.25 bits per heavy atom. The van der Waals surface area contributed by atoms with Gasteiger partial charge >= 0.3 is 12.1 Å². The second kappa shape index (κ2) is 9.89.